The van der Waals surface area contributed by atoms with E-state index in [0.717, 1.165) is 12.8 Å². The van der Waals surface area contributed by atoms with Crippen LogP contribution in [0.15, 0.2) is 0 Å². The molecule has 1 rings (SSSR count). The fourth-order valence-corrected chi connectivity index (χ4v) is 2.07. The van der Waals surface area contributed by atoms with Crippen molar-refractivity contribution in [1.82, 2.24) is 10.2 Å². The number of carbonyl (C=O) groups is 1. The largest absolute Gasteiger partial charge is 0.411 e. The normalized spacial score (nSPS) is 20.0. The van der Waals surface area contributed by atoms with Crippen molar-refractivity contribution in [3.05, 3.63) is 0 Å². The molecule has 1 saturated heterocycles. The van der Waals surface area contributed by atoms with E-state index < -0.39 is 12.8 Å². The van der Waals surface area contributed by atoms with Crippen molar-refractivity contribution in [1.29, 1.82) is 0 Å². The van der Waals surface area contributed by atoms with Crippen LogP contribution in [0.5, 0.6) is 0 Å². The van der Waals surface area contributed by atoms with Crippen LogP contribution in [-0.4, -0.2) is 61.7 Å². The molecule has 8 heteroatoms. The SMILES string of the molecule is O=C(NCCCOCC(F)(F)F)N1CCCC(CO)C1. The van der Waals surface area contributed by atoms with E-state index in [4.69, 9.17) is 5.11 Å². The Morgan fingerprint density at radius 1 is 1.45 bits per heavy atom. The van der Waals surface area contributed by atoms with E-state index in [1.165, 1.54) is 0 Å². The topological polar surface area (TPSA) is 61.8 Å². The van der Waals surface area contributed by atoms with Gasteiger partial charge in [0.2, 0.25) is 0 Å². The number of ether oxygens (including phenoxy) is 1. The summed E-state index contributed by atoms with van der Waals surface area (Å²) in [5, 5.41) is 11.7. The average Bonchev–Trinajstić information content (AvgIpc) is 2.41. The van der Waals surface area contributed by atoms with Crippen LogP contribution < -0.4 is 5.32 Å². The summed E-state index contributed by atoms with van der Waals surface area (Å²) in [7, 11) is 0. The summed E-state index contributed by atoms with van der Waals surface area (Å²) < 4.78 is 39.8. The van der Waals surface area contributed by atoms with E-state index in [1.807, 2.05) is 0 Å². The maximum absolute atomic E-state index is 11.8. The van der Waals surface area contributed by atoms with Crippen LogP contribution in [0.3, 0.4) is 0 Å². The molecule has 20 heavy (non-hydrogen) atoms. The molecule has 118 valence electrons. The monoisotopic (exact) mass is 298 g/mol. The van der Waals surface area contributed by atoms with Crippen LogP contribution in [0, 0.1) is 5.92 Å². The molecule has 2 N–H and O–H groups in total. The summed E-state index contributed by atoms with van der Waals surface area (Å²) >= 11 is 0. The minimum Gasteiger partial charge on any atom is -0.396 e. The zero-order chi connectivity index (χ0) is 15.0. The van der Waals surface area contributed by atoms with Crippen molar-refractivity contribution in [2.24, 2.45) is 5.92 Å². The highest BCUT2D eigenvalue weighted by Crippen LogP contribution is 2.16. The first-order valence-corrected chi connectivity index (χ1v) is 6.70. The number of rotatable bonds is 6. The van der Waals surface area contributed by atoms with Gasteiger partial charge in [-0.05, 0) is 25.2 Å². The predicted octanol–water partition coefficient (Wildman–Crippen LogP) is 1.37. The van der Waals surface area contributed by atoms with Gasteiger partial charge in [-0.1, -0.05) is 0 Å². The fourth-order valence-electron chi connectivity index (χ4n) is 2.07. The molecule has 0 spiro atoms. The Labute approximate surface area is 116 Å². The lowest BCUT2D eigenvalue weighted by atomic mass is 9.99. The molecule has 0 aromatic carbocycles. The number of nitrogens with one attached hydrogen (secondary N) is 1. The molecule has 1 aliphatic rings. The molecule has 1 unspecified atom stereocenters. The molecule has 0 aromatic heterocycles. The molecule has 1 atom stereocenters. The van der Waals surface area contributed by atoms with Crippen molar-refractivity contribution < 1.29 is 27.8 Å². The Bertz CT molecular complexity index is 300. The zero-order valence-electron chi connectivity index (χ0n) is 11.3. The van der Waals surface area contributed by atoms with Crippen LogP contribution in [0.2, 0.25) is 0 Å². The lowest BCUT2D eigenvalue weighted by Crippen LogP contribution is -2.46. The second-order valence-electron chi connectivity index (χ2n) is 4.89. The van der Waals surface area contributed by atoms with Crippen LogP contribution in [0.4, 0.5) is 18.0 Å². The molecule has 1 aliphatic heterocycles. The number of carbonyl (C=O) groups excluding carboxylic acids is 1. The molecular weight excluding hydrogens is 277 g/mol. The Kier molecular flexibility index (Phi) is 7.08. The number of aliphatic hydroxyl groups is 1. The van der Waals surface area contributed by atoms with E-state index in [2.05, 4.69) is 10.1 Å². The maximum Gasteiger partial charge on any atom is 0.411 e. The van der Waals surface area contributed by atoms with Gasteiger partial charge >= 0.3 is 12.2 Å². The quantitative estimate of drug-likeness (QED) is 0.728. The molecule has 0 radical (unpaired) electrons. The first-order chi connectivity index (χ1) is 9.42. The lowest BCUT2D eigenvalue weighted by molar-refractivity contribution is -0.173. The molecule has 1 fully saturated rings. The van der Waals surface area contributed by atoms with Gasteiger partial charge in [-0.15, -0.1) is 0 Å². The molecule has 0 aliphatic carbocycles. The number of urea groups is 1. The number of alkyl halides is 3. The molecule has 0 saturated carbocycles. The summed E-state index contributed by atoms with van der Waals surface area (Å²) in [5.41, 5.74) is 0. The van der Waals surface area contributed by atoms with E-state index in [9.17, 15) is 18.0 Å². The van der Waals surface area contributed by atoms with Gasteiger partial charge in [0.15, 0.2) is 0 Å². The first-order valence-electron chi connectivity index (χ1n) is 6.70. The summed E-state index contributed by atoms with van der Waals surface area (Å²) in [6.07, 6.45) is -2.21. The van der Waals surface area contributed by atoms with Gasteiger partial charge in [-0.25, -0.2) is 4.79 Å². The van der Waals surface area contributed by atoms with Crippen molar-refractivity contribution in [2.75, 3.05) is 39.5 Å². The Balaban J connectivity index is 2.08. The van der Waals surface area contributed by atoms with Gasteiger partial charge in [0.25, 0.3) is 0 Å². The smallest absolute Gasteiger partial charge is 0.396 e. The summed E-state index contributed by atoms with van der Waals surface area (Å²) in [6.45, 7) is 0.205. The Morgan fingerprint density at radius 2 is 2.20 bits per heavy atom. The van der Waals surface area contributed by atoms with Gasteiger partial charge in [-0.3, -0.25) is 0 Å². The van der Waals surface area contributed by atoms with Crippen LogP contribution >= 0.6 is 0 Å². The van der Waals surface area contributed by atoms with E-state index in [1.54, 1.807) is 4.90 Å². The number of likely N-dealkylation sites (tertiary alicyclic amines) is 1. The first kappa shape index (κ1) is 17.0. The second-order valence-corrected chi connectivity index (χ2v) is 4.89. The van der Waals surface area contributed by atoms with Crippen molar-refractivity contribution in [3.8, 4) is 0 Å². The zero-order valence-corrected chi connectivity index (χ0v) is 11.3. The number of hydrogen-bond donors (Lipinski definition) is 2. The Hall–Kier alpha value is -1.02. The highest BCUT2D eigenvalue weighted by atomic mass is 19.4. The van der Waals surface area contributed by atoms with Gasteiger partial charge in [0.05, 0.1) is 0 Å². The minimum absolute atomic E-state index is 0.0426. The Morgan fingerprint density at radius 3 is 2.85 bits per heavy atom. The average molecular weight is 298 g/mol. The van der Waals surface area contributed by atoms with Crippen molar-refractivity contribution in [3.63, 3.8) is 0 Å². The summed E-state index contributed by atoms with van der Waals surface area (Å²) in [4.78, 5) is 13.4. The number of halogens is 3. The van der Waals surface area contributed by atoms with E-state index in [0.29, 0.717) is 19.5 Å². The third-order valence-electron chi connectivity index (χ3n) is 3.07. The van der Waals surface area contributed by atoms with E-state index >= 15 is 0 Å². The maximum atomic E-state index is 11.8. The van der Waals surface area contributed by atoms with Crippen LogP contribution in [0.1, 0.15) is 19.3 Å². The fraction of sp³-hybridized carbons (Fsp3) is 0.917. The van der Waals surface area contributed by atoms with Crippen LogP contribution in [0.25, 0.3) is 0 Å². The predicted molar refractivity (Wildman–Crippen MR) is 66.3 cm³/mol. The third kappa shape index (κ3) is 6.95. The number of aliphatic hydroxyl groups excluding tert-OH is 1. The number of hydrogen-bond acceptors (Lipinski definition) is 3. The van der Waals surface area contributed by atoms with Gasteiger partial charge in [0, 0.05) is 32.8 Å². The molecule has 1 heterocycles. The molecule has 0 bridgehead atoms. The molecule has 5 nitrogen and oxygen atoms in total. The number of amides is 2. The lowest BCUT2D eigenvalue weighted by Gasteiger charge is -2.31. The van der Waals surface area contributed by atoms with Crippen LogP contribution in [-0.2, 0) is 4.74 Å². The van der Waals surface area contributed by atoms with Gasteiger partial charge in [-0.2, -0.15) is 13.2 Å². The number of piperidine rings is 1. The van der Waals surface area contributed by atoms with Gasteiger partial charge < -0.3 is 20.1 Å². The molecular formula is C12H21F3N2O3. The second kappa shape index (κ2) is 8.31. The molecule has 2 amide bonds. The van der Waals surface area contributed by atoms with Crippen molar-refractivity contribution >= 4 is 6.03 Å². The standard InChI is InChI=1S/C12H21F3N2O3/c13-12(14,15)9-20-6-2-4-16-11(19)17-5-1-3-10(7-17)8-18/h10,18H,1-9H2,(H,16,19). The van der Waals surface area contributed by atoms with Gasteiger partial charge in [0.1, 0.15) is 6.61 Å². The number of nitrogens with zero attached hydrogens (tertiary/aromatic N) is 1. The minimum atomic E-state index is -4.31. The van der Waals surface area contributed by atoms with E-state index in [-0.39, 0.29) is 31.7 Å². The highest BCUT2D eigenvalue weighted by Gasteiger charge is 2.27. The highest BCUT2D eigenvalue weighted by molar-refractivity contribution is 5.74. The van der Waals surface area contributed by atoms with Crippen molar-refractivity contribution in [2.45, 2.75) is 25.4 Å². The molecule has 0 aromatic rings. The summed E-state index contributed by atoms with van der Waals surface area (Å²) in [6, 6.07) is -0.237. The summed E-state index contributed by atoms with van der Waals surface area (Å²) in [5.74, 6) is 0.115. The third-order valence-corrected chi connectivity index (χ3v) is 3.07.